The van der Waals surface area contributed by atoms with Crippen LogP contribution in [-0.4, -0.2) is 0 Å². The Morgan fingerprint density at radius 2 is 0.926 bits per heavy atom. The second-order valence-electron chi connectivity index (χ2n) is 13.8. The zero-order valence-corrected chi connectivity index (χ0v) is 29.2. The molecule has 0 bridgehead atoms. The number of fused-ring (bicyclic) bond motifs is 7. The molecular formula is C50H32N2O2. The van der Waals surface area contributed by atoms with Gasteiger partial charge in [0.25, 0.3) is 0 Å². The van der Waals surface area contributed by atoms with E-state index >= 15 is 0 Å². The Bertz CT molecular complexity index is 2830. The summed E-state index contributed by atoms with van der Waals surface area (Å²) in [4.78, 5) is 4.64. The minimum Gasteiger partial charge on any atom is -0.453 e. The molecule has 54 heavy (non-hydrogen) atoms. The lowest BCUT2D eigenvalue weighted by Gasteiger charge is -2.38. The molecule has 9 aromatic carbocycles. The largest absolute Gasteiger partial charge is 0.453 e. The van der Waals surface area contributed by atoms with Crippen molar-refractivity contribution in [2.75, 3.05) is 9.80 Å². The highest BCUT2D eigenvalue weighted by Crippen LogP contribution is 2.60. The number of hydrogen-bond acceptors (Lipinski definition) is 4. The molecular weight excluding hydrogens is 661 g/mol. The summed E-state index contributed by atoms with van der Waals surface area (Å²) in [6, 6.07) is 68.6. The van der Waals surface area contributed by atoms with Gasteiger partial charge in [-0.15, -0.1) is 0 Å². The van der Waals surface area contributed by atoms with Gasteiger partial charge >= 0.3 is 0 Å². The summed E-state index contributed by atoms with van der Waals surface area (Å²) in [5.41, 5.74) is 10.6. The standard InChI is InChI=1S/C50H32N2O2/c1-2-13-33(14-3-1)34-25-27-38(28-26-34)51(45-30-36-15-4-5-18-40(36)41-19-6-7-20-42(41)45)39-17-12-16-35(29-39)37-31-48-50-49(32-37)54-47-24-11-9-22-44(47)52(50)43-21-8-10-23-46(43)53-48/h1-32H. The van der Waals surface area contributed by atoms with Gasteiger partial charge in [-0.1, -0.05) is 127 Å². The Labute approximate surface area is 313 Å². The van der Waals surface area contributed by atoms with Gasteiger partial charge in [-0.25, -0.2) is 0 Å². The van der Waals surface area contributed by atoms with Gasteiger partial charge in [-0.3, -0.25) is 4.90 Å². The second kappa shape index (κ2) is 12.1. The van der Waals surface area contributed by atoms with Gasteiger partial charge in [0, 0.05) is 16.8 Å². The van der Waals surface area contributed by atoms with Crippen LogP contribution in [0.25, 0.3) is 43.8 Å². The lowest BCUT2D eigenvalue weighted by Crippen LogP contribution is -2.20. The monoisotopic (exact) mass is 692 g/mol. The molecule has 4 heteroatoms. The van der Waals surface area contributed by atoms with Crippen molar-refractivity contribution in [3.63, 3.8) is 0 Å². The van der Waals surface area contributed by atoms with Crippen LogP contribution in [0, 0.1) is 0 Å². The van der Waals surface area contributed by atoms with Crippen LogP contribution in [0.15, 0.2) is 194 Å². The van der Waals surface area contributed by atoms with Crippen LogP contribution in [0.5, 0.6) is 23.0 Å². The third-order valence-corrected chi connectivity index (χ3v) is 10.6. The number of hydrogen-bond donors (Lipinski definition) is 0. The Kier molecular flexibility index (Phi) is 6.82. The third kappa shape index (κ3) is 4.85. The first-order valence-corrected chi connectivity index (χ1v) is 18.3. The lowest BCUT2D eigenvalue weighted by atomic mass is 9.97. The molecule has 11 rings (SSSR count). The van der Waals surface area contributed by atoms with E-state index in [1.165, 1.54) is 32.7 Å². The Morgan fingerprint density at radius 1 is 0.352 bits per heavy atom. The number of rotatable bonds is 5. The van der Waals surface area contributed by atoms with E-state index in [9.17, 15) is 0 Å². The van der Waals surface area contributed by atoms with Crippen LogP contribution >= 0.6 is 0 Å². The molecule has 0 atom stereocenters. The van der Waals surface area contributed by atoms with Crippen molar-refractivity contribution in [2.45, 2.75) is 0 Å². The molecule has 0 saturated heterocycles. The van der Waals surface area contributed by atoms with E-state index in [0.29, 0.717) is 0 Å². The number of anilines is 6. The predicted molar refractivity (Wildman–Crippen MR) is 222 cm³/mol. The molecule has 0 saturated carbocycles. The molecule has 0 spiro atoms. The van der Waals surface area contributed by atoms with Crippen molar-refractivity contribution in [3.05, 3.63) is 194 Å². The van der Waals surface area contributed by atoms with Gasteiger partial charge in [0.1, 0.15) is 5.69 Å². The van der Waals surface area contributed by atoms with Crippen LogP contribution in [-0.2, 0) is 0 Å². The summed E-state index contributed by atoms with van der Waals surface area (Å²) in [5.74, 6) is 3.14. The highest BCUT2D eigenvalue weighted by molar-refractivity contribution is 6.14. The number of benzene rings is 9. The molecule has 0 amide bonds. The maximum Gasteiger partial charge on any atom is 0.156 e. The van der Waals surface area contributed by atoms with Gasteiger partial charge in [0.05, 0.1) is 17.1 Å². The second-order valence-corrected chi connectivity index (χ2v) is 13.8. The van der Waals surface area contributed by atoms with E-state index < -0.39 is 0 Å². The van der Waals surface area contributed by atoms with Gasteiger partial charge in [0.2, 0.25) is 0 Å². The van der Waals surface area contributed by atoms with Crippen LogP contribution < -0.4 is 19.3 Å². The van der Waals surface area contributed by atoms with Crippen LogP contribution in [0.2, 0.25) is 0 Å². The minimum absolute atomic E-state index is 0.759. The molecule has 2 aliphatic rings. The molecule has 0 unspecified atom stereocenters. The van der Waals surface area contributed by atoms with E-state index in [2.05, 4.69) is 168 Å². The zero-order valence-electron chi connectivity index (χ0n) is 29.2. The molecule has 9 aromatic rings. The van der Waals surface area contributed by atoms with Gasteiger partial charge in [0.15, 0.2) is 23.0 Å². The number of para-hydroxylation sites is 4. The summed E-state index contributed by atoms with van der Waals surface area (Å²) in [6.45, 7) is 0. The van der Waals surface area contributed by atoms with Crippen LogP contribution in [0.4, 0.5) is 34.1 Å². The number of nitrogens with zero attached hydrogens (tertiary/aromatic N) is 2. The average molecular weight is 693 g/mol. The van der Waals surface area contributed by atoms with E-state index in [1.807, 2.05) is 36.4 Å². The summed E-state index contributed by atoms with van der Waals surface area (Å²) >= 11 is 0. The lowest BCUT2D eigenvalue weighted by molar-refractivity contribution is 0.446. The molecule has 0 aromatic heterocycles. The quantitative estimate of drug-likeness (QED) is 0.168. The van der Waals surface area contributed by atoms with Crippen molar-refractivity contribution in [1.82, 2.24) is 0 Å². The summed E-state index contributed by atoms with van der Waals surface area (Å²) in [7, 11) is 0. The summed E-state index contributed by atoms with van der Waals surface area (Å²) in [6.07, 6.45) is 0. The van der Waals surface area contributed by atoms with Crippen molar-refractivity contribution >= 4 is 55.7 Å². The Balaban J connectivity index is 1.09. The van der Waals surface area contributed by atoms with Crippen molar-refractivity contribution < 1.29 is 9.47 Å². The molecule has 0 aliphatic carbocycles. The highest BCUT2D eigenvalue weighted by Gasteiger charge is 2.35. The average Bonchev–Trinajstić information content (AvgIpc) is 3.24. The molecule has 0 fully saturated rings. The topological polar surface area (TPSA) is 24.9 Å². The van der Waals surface area contributed by atoms with Gasteiger partial charge in [-0.05, 0) is 105 Å². The molecule has 2 aliphatic heterocycles. The zero-order chi connectivity index (χ0) is 35.6. The Morgan fingerprint density at radius 3 is 1.65 bits per heavy atom. The third-order valence-electron chi connectivity index (χ3n) is 10.6. The Hall–Kier alpha value is -7.30. The number of ether oxygens (including phenoxy) is 2. The maximum atomic E-state index is 6.62. The first kappa shape index (κ1) is 30.3. The summed E-state index contributed by atoms with van der Waals surface area (Å²) < 4.78 is 13.2. The van der Waals surface area contributed by atoms with Crippen molar-refractivity contribution in [3.8, 4) is 45.3 Å². The molecule has 254 valence electrons. The van der Waals surface area contributed by atoms with Gasteiger partial charge in [-0.2, -0.15) is 0 Å². The first-order valence-electron chi connectivity index (χ1n) is 18.3. The van der Waals surface area contributed by atoms with Gasteiger partial charge < -0.3 is 14.4 Å². The first-order chi connectivity index (χ1) is 26.8. The van der Waals surface area contributed by atoms with E-state index in [0.717, 1.165) is 68.2 Å². The summed E-state index contributed by atoms with van der Waals surface area (Å²) in [5, 5.41) is 4.85. The SMILES string of the molecule is c1ccc(-c2ccc(N(c3cccc(-c4cc5c6c(c4)Oc4ccccc4N6c4ccccc4O5)c3)c3cc4ccccc4c4ccccc34)cc2)cc1. The fraction of sp³-hybridized carbons (Fsp3) is 0. The smallest absolute Gasteiger partial charge is 0.156 e. The molecule has 2 heterocycles. The fourth-order valence-electron chi connectivity index (χ4n) is 8.09. The maximum absolute atomic E-state index is 6.62. The fourth-order valence-corrected chi connectivity index (χ4v) is 8.09. The minimum atomic E-state index is 0.759. The van der Waals surface area contributed by atoms with Crippen LogP contribution in [0.1, 0.15) is 0 Å². The van der Waals surface area contributed by atoms with E-state index in [4.69, 9.17) is 9.47 Å². The van der Waals surface area contributed by atoms with Crippen molar-refractivity contribution in [1.29, 1.82) is 0 Å². The molecule has 4 nitrogen and oxygen atoms in total. The van der Waals surface area contributed by atoms with Crippen molar-refractivity contribution in [2.24, 2.45) is 0 Å². The van der Waals surface area contributed by atoms with E-state index in [-0.39, 0.29) is 0 Å². The highest BCUT2D eigenvalue weighted by atomic mass is 16.5. The predicted octanol–water partition coefficient (Wildman–Crippen LogP) is 14.5. The molecule has 0 radical (unpaired) electrons. The van der Waals surface area contributed by atoms with Crippen LogP contribution in [0.3, 0.4) is 0 Å². The normalized spacial score (nSPS) is 12.3. The van der Waals surface area contributed by atoms with E-state index in [1.54, 1.807) is 0 Å². The molecule has 0 N–H and O–H groups in total.